The van der Waals surface area contributed by atoms with Gasteiger partial charge in [-0.25, -0.2) is 14.2 Å². The average molecular weight is 461 g/mol. The topological polar surface area (TPSA) is 77.2 Å². The lowest BCUT2D eigenvalue weighted by molar-refractivity contribution is 0.0755. The van der Waals surface area contributed by atoms with Crippen LogP contribution in [0.25, 0.3) is 11.0 Å². The molecule has 2 aromatic heterocycles. The molecule has 1 aromatic carbocycles. The number of carbonyl (C=O) groups is 1. The van der Waals surface area contributed by atoms with Crippen molar-refractivity contribution in [3.63, 3.8) is 0 Å². The highest BCUT2D eigenvalue weighted by atomic mass is 79.9. The second-order valence-corrected chi connectivity index (χ2v) is 7.40. The molecule has 0 bridgehead atoms. The zero-order chi connectivity index (χ0) is 21.3. The van der Waals surface area contributed by atoms with Gasteiger partial charge in [-0.05, 0) is 30.3 Å². The van der Waals surface area contributed by atoms with E-state index in [1.165, 1.54) is 47.8 Å². The van der Waals surface area contributed by atoms with E-state index in [0.29, 0.717) is 10.0 Å². The Kier molecular flexibility index (Phi) is 5.78. The van der Waals surface area contributed by atoms with E-state index >= 15 is 0 Å². The van der Waals surface area contributed by atoms with Crippen LogP contribution in [-0.2, 0) is 20.6 Å². The molecule has 2 heterocycles. The Hall–Kier alpha value is -3.07. The molecule has 0 fully saturated rings. The molecule has 0 spiro atoms. The number of aromatic nitrogens is 3. The number of benzene rings is 1. The Labute approximate surface area is 173 Å². The number of rotatable bonds is 5. The molecular weight excluding hydrogens is 443 g/mol. The number of pyridine rings is 1. The van der Waals surface area contributed by atoms with Crippen LogP contribution in [0.15, 0.2) is 57.0 Å². The molecule has 0 N–H and O–H groups in total. The van der Waals surface area contributed by atoms with Crippen molar-refractivity contribution in [2.24, 2.45) is 14.1 Å². The second kappa shape index (κ2) is 8.12. The first-order valence-electron chi connectivity index (χ1n) is 8.65. The number of nitrogens with zero attached hydrogens (tertiary/aromatic N) is 4. The molecule has 0 saturated carbocycles. The molecule has 3 rings (SSSR count). The van der Waals surface area contributed by atoms with Crippen molar-refractivity contribution in [3.8, 4) is 0 Å². The highest BCUT2D eigenvalue weighted by Gasteiger charge is 2.20. The highest BCUT2D eigenvalue weighted by molar-refractivity contribution is 9.10. The van der Waals surface area contributed by atoms with E-state index < -0.39 is 23.0 Å². The molecule has 0 aliphatic heterocycles. The van der Waals surface area contributed by atoms with Gasteiger partial charge in [0.25, 0.3) is 11.5 Å². The minimum absolute atomic E-state index is 0.00529. The van der Waals surface area contributed by atoms with E-state index in [9.17, 15) is 18.8 Å². The van der Waals surface area contributed by atoms with E-state index in [2.05, 4.69) is 27.5 Å². The van der Waals surface area contributed by atoms with Crippen molar-refractivity contribution in [2.45, 2.75) is 6.54 Å². The molecule has 0 unspecified atom stereocenters. The Bertz CT molecular complexity index is 1250. The predicted octanol–water partition coefficient (Wildman–Crippen LogP) is 2.36. The van der Waals surface area contributed by atoms with Crippen molar-refractivity contribution in [1.29, 1.82) is 0 Å². The SMILES string of the molecule is C=CCN(Cc1cc(Br)ccc1F)C(=O)c1ccc2c(=O)n(C)c(=O)n(C)c2n1. The van der Waals surface area contributed by atoms with Gasteiger partial charge in [-0.3, -0.25) is 18.7 Å². The van der Waals surface area contributed by atoms with E-state index in [1.54, 1.807) is 12.1 Å². The molecule has 9 heteroatoms. The summed E-state index contributed by atoms with van der Waals surface area (Å²) in [6.07, 6.45) is 1.53. The number of amides is 1. The summed E-state index contributed by atoms with van der Waals surface area (Å²) < 4.78 is 17.0. The maximum absolute atomic E-state index is 14.1. The summed E-state index contributed by atoms with van der Waals surface area (Å²) >= 11 is 3.30. The molecular formula is C20H18BrFN4O3. The molecule has 0 aliphatic carbocycles. The molecule has 29 heavy (non-hydrogen) atoms. The first-order valence-corrected chi connectivity index (χ1v) is 9.44. The van der Waals surface area contributed by atoms with Crippen molar-refractivity contribution >= 4 is 32.9 Å². The van der Waals surface area contributed by atoms with Gasteiger partial charge in [-0.2, -0.15) is 0 Å². The van der Waals surface area contributed by atoms with Gasteiger partial charge >= 0.3 is 5.69 Å². The molecule has 0 atom stereocenters. The summed E-state index contributed by atoms with van der Waals surface area (Å²) in [5, 5.41) is 0.222. The molecule has 7 nitrogen and oxygen atoms in total. The maximum atomic E-state index is 14.1. The minimum Gasteiger partial charge on any atom is -0.329 e. The molecule has 150 valence electrons. The van der Waals surface area contributed by atoms with Crippen LogP contribution in [0.5, 0.6) is 0 Å². The fourth-order valence-corrected chi connectivity index (χ4v) is 3.39. The summed E-state index contributed by atoms with van der Waals surface area (Å²) in [6, 6.07) is 7.37. The fourth-order valence-electron chi connectivity index (χ4n) is 2.98. The third kappa shape index (κ3) is 3.91. The van der Waals surface area contributed by atoms with Gasteiger partial charge in [0.1, 0.15) is 17.2 Å². The highest BCUT2D eigenvalue weighted by Crippen LogP contribution is 2.18. The zero-order valence-corrected chi connectivity index (χ0v) is 17.4. The van der Waals surface area contributed by atoms with E-state index in [-0.39, 0.29) is 29.8 Å². The molecule has 0 radical (unpaired) electrons. The van der Waals surface area contributed by atoms with Crippen LogP contribution in [0.2, 0.25) is 0 Å². The Morgan fingerprint density at radius 2 is 1.97 bits per heavy atom. The lowest BCUT2D eigenvalue weighted by atomic mass is 10.2. The van der Waals surface area contributed by atoms with Gasteiger partial charge < -0.3 is 4.90 Å². The Morgan fingerprint density at radius 3 is 2.66 bits per heavy atom. The lowest BCUT2D eigenvalue weighted by Crippen LogP contribution is -2.38. The zero-order valence-electron chi connectivity index (χ0n) is 15.9. The van der Waals surface area contributed by atoms with Crippen LogP contribution in [0.4, 0.5) is 4.39 Å². The summed E-state index contributed by atoms with van der Waals surface area (Å²) in [4.78, 5) is 43.1. The first-order chi connectivity index (χ1) is 13.7. The van der Waals surface area contributed by atoms with Gasteiger partial charge in [0.2, 0.25) is 0 Å². The summed E-state index contributed by atoms with van der Waals surface area (Å²) in [5.41, 5.74) is -0.557. The van der Waals surface area contributed by atoms with Gasteiger partial charge in [0, 0.05) is 37.2 Å². The molecule has 3 aromatic rings. The largest absolute Gasteiger partial charge is 0.332 e. The van der Waals surface area contributed by atoms with Crippen LogP contribution in [0, 0.1) is 5.82 Å². The summed E-state index contributed by atoms with van der Waals surface area (Å²) in [6.45, 7) is 3.82. The average Bonchev–Trinajstić information content (AvgIpc) is 2.72. The van der Waals surface area contributed by atoms with Crippen LogP contribution < -0.4 is 11.2 Å². The predicted molar refractivity (Wildman–Crippen MR) is 111 cm³/mol. The van der Waals surface area contributed by atoms with Crippen LogP contribution in [0.3, 0.4) is 0 Å². The lowest BCUT2D eigenvalue weighted by Gasteiger charge is -2.21. The summed E-state index contributed by atoms with van der Waals surface area (Å²) in [7, 11) is 2.85. The second-order valence-electron chi connectivity index (χ2n) is 6.48. The smallest absolute Gasteiger partial charge is 0.329 e. The Balaban J connectivity index is 2.05. The van der Waals surface area contributed by atoms with Gasteiger partial charge in [0.05, 0.1) is 5.39 Å². The Morgan fingerprint density at radius 1 is 1.24 bits per heavy atom. The maximum Gasteiger partial charge on any atom is 0.332 e. The van der Waals surface area contributed by atoms with E-state index in [1.807, 2.05) is 0 Å². The number of fused-ring (bicyclic) bond motifs is 1. The van der Waals surface area contributed by atoms with Crippen LogP contribution in [-0.4, -0.2) is 31.5 Å². The number of carbonyl (C=O) groups excluding carboxylic acids is 1. The number of aryl methyl sites for hydroxylation is 1. The fraction of sp³-hybridized carbons (Fsp3) is 0.200. The quantitative estimate of drug-likeness (QED) is 0.547. The van der Waals surface area contributed by atoms with Crippen molar-refractivity contribution in [3.05, 3.63) is 85.4 Å². The minimum atomic E-state index is -0.543. The van der Waals surface area contributed by atoms with Crippen LogP contribution >= 0.6 is 15.9 Å². The number of hydrogen-bond acceptors (Lipinski definition) is 4. The van der Waals surface area contributed by atoms with Crippen molar-refractivity contribution in [1.82, 2.24) is 19.0 Å². The third-order valence-corrected chi connectivity index (χ3v) is 5.02. The number of halogens is 2. The third-order valence-electron chi connectivity index (χ3n) is 4.53. The van der Waals surface area contributed by atoms with Gasteiger partial charge in [0.15, 0.2) is 0 Å². The summed E-state index contributed by atoms with van der Waals surface area (Å²) in [5.74, 6) is -0.910. The van der Waals surface area contributed by atoms with Crippen molar-refractivity contribution < 1.29 is 9.18 Å². The van der Waals surface area contributed by atoms with Gasteiger partial charge in [-0.15, -0.1) is 6.58 Å². The van der Waals surface area contributed by atoms with Crippen molar-refractivity contribution in [2.75, 3.05) is 6.54 Å². The number of hydrogen-bond donors (Lipinski definition) is 0. The molecule has 0 aliphatic rings. The van der Waals surface area contributed by atoms with E-state index in [0.717, 1.165) is 4.57 Å². The van der Waals surface area contributed by atoms with E-state index in [4.69, 9.17) is 0 Å². The first kappa shape index (κ1) is 20.7. The van der Waals surface area contributed by atoms with Crippen LogP contribution in [0.1, 0.15) is 16.1 Å². The standard InChI is InChI=1S/C20H18BrFN4O3/c1-4-9-26(11-12-10-13(21)5-7-15(12)22)19(28)16-8-6-14-17(23-16)24(2)20(29)25(3)18(14)27/h4-8,10H,1,9,11H2,2-3H3. The molecule has 0 saturated heterocycles. The molecule has 1 amide bonds. The monoisotopic (exact) mass is 460 g/mol. The van der Waals surface area contributed by atoms with Gasteiger partial charge in [-0.1, -0.05) is 22.0 Å². The normalized spacial score (nSPS) is 10.9.